The molecule has 0 aliphatic rings. The molecule has 0 spiro atoms. The van der Waals surface area contributed by atoms with Gasteiger partial charge in [-0.3, -0.25) is 0 Å². The van der Waals surface area contributed by atoms with E-state index in [4.69, 9.17) is 4.42 Å². The van der Waals surface area contributed by atoms with E-state index in [0.29, 0.717) is 11.8 Å². The lowest BCUT2D eigenvalue weighted by Crippen LogP contribution is -2.71. The van der Waals surface area contributed by atoms with Crippen molar-refractivity contribution in [3.8, 4) is 0 Å². The number of sulfone groups is 1. The van der Waals surface area contributed by atoms with Crippen LogP contribution in [0, 0.1) is 0 Å². The Bertz CT molecular complexity index is 1130. The molecule has 0 fully saturated rings. The summed E-state index contributed by atoms with van der Waals surface area (Å²) in [5, 5.41) is -9.16. The molecule has 1 heterocycles. The van der Waals surface area contributed by atoms with E-state index in [1.165, 1.54) is 30.3 Å². The monoisotopic (exact) mass is 586 g/mol. The summed E-state index contributed by atoms with van der Waals surface area (Å²) in [4.78, 5) is 0.103. The highest BCUT2D eigenvalue weighted by Crippen LogP contribution is 2.61. The van der Waals surface area contributed by atoms with Gasteiger partial charge in [0.2, 0.25) is 9.84 Å². The molecule has 0 aliphatic carbocycles. The molecule has 0 amide bonds. The van der Waals surface area contributed by atoms with Gasteiger partial charge in [0.1, 0.15) is 5.76 Å². The van der Waals surface area contributed by atoms with Gasteiger partial charge in [0, 0.05) is 4.90 Å². The molecule has 1 unspecified atom stereocenters. The van der Waals surface area contributed by atoms with E-state index in [2.05, 4.69) is 0 Å². The van der Waals surface area contributed by atoms with Crippen LogP contribution in [-0.4, -0.2) is 49.3 Å². The molecule has 0 bridgehead atoms. The minimum absolute atomic E-state index is 0.103. The Hall–Kier alpha value is -2.11. The quantitative estimate of drug-likeness (QED) is 0.218. The van der Waals surface area contributed by atoms with Gasteiger partial charge in [-0.2, -0.15) is 57.1 Å². The second-order valence-electron chi connectivity index (χ2n) is 7.03. The summed E-state index contributed by atoms with van der Waals surface area (Å²) in [7, 11) is -6.99. The number of hydrogen-bond donors (Lipinski definition) is 0. The van der Waals surface area contributed by atoms with Crippen molar-refractivity contribution in [3.05, 3.63) is 54.5 Å². The molecule has 1 atom stereocenters. The normalized spacial score (nSPS) is 15.7. The molecule has 36 heavy (non-hydrogen) atoms. The van der Waals surface area contributed by atoms with E-state index in [1.807, 2.05) is 0 Å². The van der Waals surface area contributed by atoms with Crippen LogP contribution in [0.5, 0.6) is 0 Å². The number of hydrogen-bond acceptors (Lipinski definition) is 4. The van der Waals surface area contributed by atoms with E-state index in [1.54, 1.807) is 0 Å². The van der Waals surface area contributed by atoms with Crippen molar-refractivity contribution in [3.63, 3.8) is 0 Å². The van der Waals surface area contributed by atoms with Gasteiger partial charge in [0.25, 0.3) is 0 Å². The second kappa shape index (κ2) is 9.33. The molecule has 2 aromatic rings. The zero-order valence-corrected chi connectivity index (χ0v) is 18.5. The van der Waals surface area contributed by atoms with Crippen molar-refractivity contribution in [1.29, 1.82) is 0 Å². The standard InChI is InChI=1S/C18H11F13O3S2/c19-13(20,15(23,24)17(27,28)29)14(21,22)16(25,26)18(30,31)36(32,33)9-12(11-7-4-8-34-11)35-10-5-2-1-3-6-10/h1-8,12H,9H2. The average molecular weight is 586 g/mol. The lowest BCUT2D eigenvalue weighted by molar-refractivity contribution is -0.433. The number of thioether (sulfide) groups is 1. The first-order valence-corrected chi connectivity index (χ1v) is 11.5. The first-order chi connectivity index (χ1) is 16.0. The smallest absolute Gasteiger partial charge is 0.460 e. The molecule has 3 nitrogen and oxygen atoms in total. The van der Waals surface area contributed by atoms with Crippen LogP contribution < -0.4 is 0 Å². The summed E-state index contributed by atoms with van der Waals surface area (Å²) in [5.74, 6) is -35.0. The first-order valence-electron chi connectivity index (χ1n) is 8.98. The van der Waals surface area contributed by atoms with Gasteiger partial charge in [0.05, 0.1) is 17.3 Å². The first kappa shape index (κ1) is 30.1. The van der Waals surface area contributed by atoms with Crippen molar-refractivity contribution >= 4 is 21.6 Å². The average Bonchev–Trinajstić information content (AvgIpc) is 3.27. The summed E-state index contributed by atoms with van der Waals surface area (Å²) in [5.41, 5.74) is 0. The Balaban J connectivity index is 2.53. The Kier molecular flexibility index (Phi) is 7.80. The molecule has 1 aromatic heterocycles. The Morgan fingerprint density at radius 3 is 1.64 bits per heavy atom. The van der Waals surface area contributed by atoms with E-state index in [9.17, 15) is 65.5 Å². The summed E-state index contributed by atoms with van der Waals surface area (Å²) in [6.45, 7) is 0. The molecular weight excluding hydrogens is 575 g/mol. The summed E-state index contributed by atoms with van der Waals surface area (Å²) < 4.78 is 203. The summed E-state index contributed by atoms with van der Waals surface area (Å²) in [6.07, 6.45) is -6.72. The van der Waals surface area contributed by atoms with Gasteiger partial charge in [-0.25, -0.2) is 8.42 Å². The van der Waals surface area contributed by atoms with Gasteiger partial charge in [0.15, 0.2) is 0 Å². The van der Waals surface area contributed by atoms with Crippen molar-refractivity contribution in [2.75, 3.05) is 5.75 Å². The zero-order chi connectivity index (χ0) is 28.0. The maximum absolute atomic E-state index is 14.3. The Morgan fingerprint density at radius 1 is 0.694 bits per heavy atom. The predicted octanol–water partition coefficient (Wildman–Crippen LogP) is 7.22. The van der Waals surface area contributed by atoms with Crippen LogP contribution in [0.3, 0.4) is 0 Å². The predicted molar refractivity (Wildman–Crippen MR) is 98.3 cm³/mol. The lowest BCUT2D eigenvalue weighted by atomic mass is 9.98. The van der Waals surface area contributed by atoms with E-state index in [0.717, 1.165) is 18.4 Å². The largest absolute Gasteiger partial charge is 0.468 e. The fraction of sp³-hybridized carbons (Fsp3) is 0.444. The van der Waals surface area contributed by atoms with Crippen LogP contribution in [-0.2, 0) is 9.84 Å². The Morgan fingerprint density at radius 2 is 1.19 bits per heavy atom. The zero-order valence-electron chi connectivity index (χ0n) is 16.9. The van der Waals surface area contributed by atoms with Crippen LogP contribution in [0.1, 0.15) is 11.0 Å². The van der Waals surface area contributed by atoms with Crippen LogP contribution in [0.2, 0.25) is 0 Å². The minimum Gasteiger partial charge on any atom is -0.468 e. The van der Waals surface area contributed by atoms with Crippen LogP contribution in [0.15, 0.2) is 58.0 Å². The van der Waals surface area contributed by atoms with Crippen LogP contribution >= 0.6 is 11.8 Å². The molecule has 0 N–H and O–H groups in total. The number of rotatable bonds is 10. The van der Waals surface area contributed by atoms with Crippen molar-refractivity contribution in [2.45, 2.75) is 45.3 Å². The molecule has 0 saturated carbocycles. The maximum atomic E-state index is 14.3. The highest BCUT2D eigenvalue weighted by atomic mass is 32.2. The molecule has 204 valence electrons. The maximum Gasteiger partial charge on any atom is 0.460 e. The summed E-state index contributed by atoms with van der Waals surface area (Å²) >= 11 is 0.365. The molecule has 0 saturated heterocycles. The van der Waals surface area contributed by atoms with Gasteiger partial charge in [-0.15, -0.1) is 11.8 Å². The van der Waals surface area contributed by atoms with Crippen LogP contribution in [0.4, 0.5) is 57.1 Å². The van der Waals surface area contributed by atoms with Crippen LogP contribution in [0.25, 0.3) is 0 Å². The Labute approximate surface area is 197 Å². The number of alkyl halides is 13. The van der Waals surface area contributed by atoms with Crippen molar-refractivity contribution < 1.29 is 69.9 Å². The van der Waals surface area contributed by atoms with Crippen molar-refractivity contribution in [2.24, 2.45) is 0 Å². The van der Waals surface area contributed by atoms with Crippen molar-refractivity contribution in [1.82, 2.24) is 0 Å². The SMILES string of the molecule is O=S(=O)(CC(Sc1ccccc1)c1ccco1)C(F)(F)C(F)(F)C(F)(F)C(F)(F)C(F)(F)C(F)(F)F. The molecule has 18 heteroatoms. The molecule has 0 radical (unpaired) electrons. The van der Waals surface area contributed by atoms with E-state index in [-0.39, 0.29) is 4.90 Å². The molecular formula is C18H11F13O3S2. The third-order valence-electron chi connectivity index (χ3n) is 4.55. The third-order valence-corrected chi connectivity index (χ3v) is 7.80. The van der Waals surface area contributed by atoms with E-state index >= 15 is 0 Å². The molecule has 1 aromatic carbocycles. The number of furan rings is 1. The number of halogens is 13. The van der Waals surface area contributed by atoms with Gasteiger partial charge < -0.3 is 4.42 Å². The summed E-state index contributed by atoms with van der Waals surface area (Å²) in [6, 6.07) is 8.77. The van der Waals surface area contributed by atoms with E-state index < -0.39 is 61.7 Å². The minimum atomic E-state index is -8.21. The number of benzene rings is 1. The second-order valence-corrected chi connectivity index (χ2v) is 10.4. The topological polar surface area (TPSA) is 47.3 Å². The van der Waals surface area contributed by atoms with Gasteiger partial charge >= 0.3 is 35.1 Å². The highest BCUT2D eigenvalue weighted by Gasteiger charge is 2.92. The lowest BCUT2D eigenvalue weighted by Gasteiger charge is -2.39. The molecule has 0 aliphatic heterocycles. The fourth-order valence-corrected chi connectivity index (χ4v) is 5.56. The third kappa shape index (κ3) is 4.77. The van der Waals surface area contributed by atoms with Gasteiger partial charge in [-0.1, -0.05) is 18.2 Å². The molecule has 2 rings (SSSR count). The highest BCUT2D eigenvalue weighted by molar-refractivity contribution is 8.01. The fourth-order valence-electron chi connectivity index (χ4n) is 2.57. The van der Waals surface area contributed by atoms with Gasteiger partial charge in [-0.05, 0) is 24.3 Å².